The van der Waals surface area contributed by atoms with E-state index in [0.717, 1.165) is 60.4 Å². The highest BCUT2D eigenvalue weighted by Crippen LogP contribution is 2.31. The van der Waals surface area contributed by atoms with Crippen molar-refractivity contribution in [3.05, 3.63) is 77.2 Å². The normalized spacial score (nSPS) is 18.5. The SMILES string of the molecule is CCCC(=O)c1cnn(-c2ccc(NC(=O)c3cn(CC(=O)N4CC5CN(C)CC5C4)c4ccc(C)cc34)cc2)c1C. The van der Waals surface area contributed by atoms with Gasteiger partial charge in [-0.2, -0.15) is 5.10 Å². The number of aryl methyl sites for hydroxylation is 1. The predicted octanol–water partition coefficient (Wildman–Crippen LogP) is 4.70. The van der Waals surface area contributed by atoms with Crippen LogP contribution in [0.4, 0.5) is 5.69 Å². The zero-order valence-electron chi connectivity index (χ0n) is 24.8. The van der Waals surface area contributed by atoms with Crippen LogP contribution in [0.2, 0.25) is 0 Å². The minimum Gasteiger partial charge on any atom is -0.340 e. The first kappa shape index (κ1) is 27.9. The average molecular weight is 567 g/mol. The van der Waals surface area contributed by atoms with E-state index in [1.165, 1.54) is 0 Å². The molecule has 2 unspecified atom stereocenters. The van der Waals surface area contributed by atoms with Crippen molar-refractivity contribution in [3.8, 4) is 5.69 Å². The smallest absolute Gasteiger partial charge is 0.257 e. The number of benzene rings is 2. The van der Waals surface area contributed by atoms with E-state index in [1.54, 1.807) is 17.1 Å². The number of aromatic nitrogens is 3. The molecule has 9 heteroatoms. The summed E-state index contributed by atoms with van der Waals surface area (Å²) in [5.74, 6) is 1.07. The van der Waals surface area contributed by atoms with E-state index in [-0.39, 0.29) is 24.1 Å². The quantitative estimate of drug-likeness (QED) is 0.312. The van der Waals surface area contributed by atoms with Gasteiger partial charge < -0.3 is 19.7 Å². The molecule has 2 aliphatic rings. The Hall–Kier alpha value is -4.24. The summed E-state index contributed by atoms with van der Waals surface area (Å²) in [7, 11) is 2.15. The molecule has 2 aromatic heterocycles. The van der Waals surface area contributed by atoms with Gasteiger partial charge in [-0.15, -0.1) is 0 Å². The number of carbonyl (C=O) groups excluding carboxylic acids is 3. The Kier molecular flexibility index (Phi) is 7.45. The van der Waals surface area contributed by atoms with Gasteiger partial charge in [0, 0.05) is 55.4 Å². The van der Waals surface area contributed by atoms with Gasteiger partial charge >= 0.3 is 0 Å². The van der Waals surface area contributed by atoms with Crippen LogP contribution in [0.3, 0.4) is 0 Å². The van der Waals surface area contributed by atoms with Gasteiger partial charge in [-0.25, -0.2) is 4.68 Å². The molecule has 2 amide bonds. The summed E-state index contributed by atoms with van der Waals surface area (Å²) in [5, 5.41) is 8.26. The number of rotatable bonds is 8. The molecule has 0 bridgehead atoms. The van der Waals surface area contributed by atoms with Gasteiger partial charge in [-0.05, 0) is 75.5 Å². The molecular weight excluding hydrogens is 528 g/mol. The molecule has 0 saturated carbocycles. The molecule has 9 nitrogen and oxygen atoms in total. The van der Waals surface area contributed by atoms with Crippen LogP contribution in [-0.4, -0.2) is 75.0 Å². The molecule has 0 radical (unpaired) electrons. The second-order valence-electron chi connectivity index (χ2n) is 12.0. The number of hydrogen-bond donors (Lipinski definition) is 1. The predicted molar refractivity (Wildman–Crippen MR) is 163 cm³/mol. The van der Waals surface area contributed by atoms with Crippen molar-refractivity contribution < 1.29 is 14.4 Å². The Labute approximate surface area is 246 Å². The van der Waals surface area contributed by atoms with Gasteiger partial charge in [0.2, 0.25) is 5.91 Å². The first-order valence-electron chi connectivity index (χ1n) is 14.8. The summed E-state index contributed by atoms with van der Waals surface area (Å²) >= 11 is 0. The van der Waals surface area contributed by atoms with Crippen molar-refractivity contribution in [2.45, 2.75) is 40.2 Å². The van der Waals surface area contributed by atoms with E-state index in [9.17, 15) is 14.4 Å². The van der Waals surface area contributed by atoms with Crippen LogP contribution in [0, 0.1) is 25.7 Å². The standard InChI is InChI=1S/C33H38N6O3/c1-5-6-31(40)28-14-34-39(22(28)3)26-10-8-25(9-11-26)35-33(42)29-19-37(30-12-7-21(2)13-27(29)30)20-32(41)38-17-23-15-36(4)16-24(23)18-38/h7-14,19,23-24H,5-6,15-18,20H2,1-4H3,(H,35,42). The third-order valence-corrected chi connectivity index (χ3v) is 8.77. The molecule has 0 spiro atoms. The molecular formula is C33H38N6O3. The molecule has 0 aliphatic carbocycles. The number of ketones is 1. The number of anilines is 1. The van der Waals surface area contributed by atoms with Crippen LogP contribution in [-0.2, 0) is 11.3 Å². The van der Waals surface area contributed by atoms with Crippen LogP contribution in [0.1, 0.15) is 51.7 Å². The second-order valence-corrected chi connectivity index (χ2v) is 12.0. The van der Waals surface area contributed by atoms with Crippen molar-refractivity contribution >= 4 is 34.2 Å². The molecule has 2 fully saturated rings. The highest BCUT2D eigenvalue weighted by atomic mass is 16.2. The minimum absolute atomic E-state index is 0.0945. The van der Waals surface area contributed by atoms with E-state index in [4.69, 9.17) is 0 Å². The lowest BCUT2D eigenvalue weighted by Gasteiger charge is -2.20. The lowest BCUT2D eigenvalue weighted by Crippen LogP contribution is -2.34. The van der Waals surface area contributed by atoms with Gasteiger partial charge in [-0.1, -0.05) is 18.6 Å². The zero-order valence-corrected chi connectivity index (χ0v) is 24.8. The van der Waals surface area contributed by atoms with Crippen molar-refractivity contribution in [2.75, 3.05) is 38.5 Å². The number of nitrogens with zero attached hydrogens (tertiary/aromatic N) is 5. The van der Waals surface area contributed by atoms with Crippen LogP contribution in [0.15, 0.2) is 54.9 Å². The highest BCUT2D eigenvalue weighted by Gasteiger charge is 2.40. The van der Waals surface area contributed by atoms with Gasteiger partial charge in [0.1, 0.15) is 6.54 Å². The molecule has 2 aromatic carbocycles. The number of hydrogen-bond acceptors (Lipinski definition) is 5. The molecule has 4 heterocycles. The van der Waals surface area contributed by atoms with Crippen molar-refractivity contribution in [3.63, 3.8) is 0 Å². The van der Waals surface area contributed by atoms with Gasteiger partial charge in [-0.3, -0.25) is 14.4 Å². The van der Waals surface area contributed by atoms with Crippen molar-refractivity contribution in [1.82, 2.24) is 24.1 Å². The lowest BCUT2D eigenvalue weighted by molar-refractivity contribution is -0.131. The highest BCUT2D eigenvalue weighted by molar-refractivity contribution is 6.13. The Morgan fingerprint density at radius 2 is 1.67 bits per heavy atom. The summed E-state index contributed by atoms with van der Waals surface area (Å²) in [6.07, 6.45) is 4.72. The Morgan fingerprint density at radius 3 is 2.36 bits per heavy atom. The summed E-state index contributed by atoms with van der Waals surface area (Å²) in [6.45, 7) is 9.81. The molecule has 1 N–H and O–H groups in total. The number of nitrogens with one attached hydrogen (secondary N) is 1. The Bertz CT molecular complexity index is 1650. The zero-order chi connectivity index (χ0) is 29.5. The molecule has 2 saturated heterocycles. The Balaban J connectivity index is 1.19. The summed E-state index contributed by atoms with van der Waals surface area (Å²) < 4.78 is 3.65. The maximum Gasteiger partial charge on any atom is 0.257 e. The topological polar surface area (TPSA) is 92.5 Å². The largest absolute Gasteiger partial charge is 0.340 e. The van der Waals surface area contributed by atoms with Crippen molar-refractivity contribution in [1.29, 1.82) is 0 Å². The summed E-state index contributed by atoms with van der Waals surface area (Å²) in [4.78, 5) is 43.6. The van der Waals surface area contributed by atoms with E-state index < -0.39 is 0 Å². The van der Waals surface area contributed by atoms with Crippen LogP contribution >= 0.6 is 0 Å². The van der Waals surface area contributed by atoms with Crippen LogP contribution < -0.4 is 5.32 Å². The summed E-state index contributed by atoms with van der Waals surface area (Å²) in [6, 6.07) is 13.4. The fourth-order valence-electron chi connectivity index (χ4n) is 6.59. The van der Waals surface area contributed by atoms with Crippen molar-refractivity contribution in [2.24, 2.45) is 11.8 Å². The van der Waals surface area contributed by atoms with Gasteiger partial charge in [0.25, 0.3) is 5.91 Å². The van der Waals surface area contributed by atoms with Crippen LogP contribution in [0.25, 0.3) is 16.6 Å². The van der Waals surface area contributed by atoms with E-state index >= 15 is 0 Å². The molecule has 42 heavy (non-hydrogen) atoms. The number of likely N-dealkylation sites (tertiary alicyclic amines) is 2. The second kappa shape index (κ2) is 11.2. The third kappa shape index (κ3) is 5.25. The molecule has 218 valence electrons. The average Bonchev–Trinajstić information content (AvgIpc) is 3.71. The number of fused-ring (bicyclic) bond motifs is 2. The Morgan fingerprint density at radius 1 is 0.952 bits per heavy atom. The van der Waals surface area contributed by atoms with E-state index in [1.807, 2.05) is 72.7 Å². The number of Topliss-reactive ketones (excluding diaryl/α,β-unsaturated/α-hetero) is 1. The fourth-order valence-corrected chi connectivity index (χ4v) is 6.59. The van der Waals surface area contributed by atoms with Gasteiger partial charge in [0.05, 0.1) is 28.7 Å². The molecule has 6 rings (SSSR count). The number of carbonyl (C=O) groups is 3. The first-order chi connectivity index (χ1) is 20.2. The van der Waals surface area contributed by atoms with E-state index in [2.05, 4.69) is 22.4 Å². The number of amides is 2. The molecule has 4 aromatic rings. The minimum atomic E-state index is -0.231. The molecule has 2 aliphatic heterocycles. The monoisotopic (exact) mass is 566 g/mol. The maximum atomic E-state index is 13.5. The van der Waals surface area contributed by atoms with Gasteiger partial charge in [0.15, 0.2) is 5.78 Å². The maximum absolute atomic E-state index is 13.5. The lowest BCUT2D eigenvalue weighted by atomic mass is 10.0. The first-order valence-corrected chi connectivity index (χ1v) is 14.8. The fraction of sp³-hybridized carbons (Fsp3) is 0.394. The van der Waals surface area contributed by atoms with Crippen LogP contribution in [0.5, 0.6) is 0 Å². The molecule has 2 atom stereocenters. The van der Waals surface area contributed by atoms with E-state index in [0.29, 0.717) is 35.1 Å². The third-order valence-electron chi connectivity index (χ3n) is 8.77. The summed E-state index contributed by atoms with van der Waals surface area (Å²) in [5.41, 5.74) is 5.35.